The summed E-state index contributed by atoms with van der Waals surface area (Å²) in [5, 5.41) is 2.81. The maximum atomic E-state index is 11.8. The summed E-state index contributed by atoms with van der Waals surface area (Å²) in [6, 6.07) is 0. The van der Waals surface area contributed by atoms with Gasteiger partial charge >= 0.3 is 0 Å². The summed E-state index contributed by atoms with van der Waals surface area (Å²) in [4.78, 5) is 25.1. The fourth-order valence-electron chi connectivity index (χ4n) is 2.07. The Morgan fingerprint density at radius 3 is 2.67 bits per heavy atom. The van der Waals surface area contributed by atoms with Gasteiger partial charge < -0.3 is 15.0 Å². The quantitative estimate of drug-likeness (QED) is 0.791. The van der Waals surface area contributed by atoms with Gasteiger partial charge in [-0.25, -0.2) is 0 Å². The van der Waals surface area contributed by atoms with Crippen molar-refractivity contribution in [1.82, 2.24) is 10.2 Å². The summed E-state index contributed by atoms with van der Waals surface area (Å²) in [7, 11) is 0. The minimum atomic E-state index is -0.138. The van der Waals surface area contributed by atoms with Crippen LogP contribution in [0.4, 0.5) is 0 Å². The molecule has 1 N–H and O–H groups in total. The maximum absolute atomic E-state index is 11.8. The molecule has 0 radical (unpaired) electrons. The average molecular weight is 256 g/mol. The van der Waals surface area contributed by atoms with Crippen LogP contribution in [0.5, 0.6) is 0 Å². The molecule has 1 atom stereocenters. The molecule has 0 aliphatic carbocycles. The van der Waals surface area contributed by atoms with Crippen molar-refractivity contribution in [1.29, 1.82) is 0 Å². The molecule has 0 spiro atoms. The Hall–Kier alpha value is -1.10. The minimum Gasteiger partial charge on any atom is -0.372 e. The minimum absolute atomic E-state index is 0.0974. The fraction of sp³-hybridized carbons (Fsp3) is 0.846. The molecule has 5 heteroatoms. The van der Waals surface area contributed by atoms with E-state index in [0.717, 1.165) is 6.54 Å². The number of hydrogen-bond donors (Lipinski definition) is 1. The molecule has 1 saturated heterocycles. The summed E-state index contributed by atoms with van der Waals surface area (Å²) in [5.41, 5.74) is -0.138. The monoisotopic (exact) mass is 256 g/mol. The van der Waals surface area contributed by atoms with Gasteiger partial charge in [0.15, 0.2) is 0 Å². The lowest BCUT2D eigenvalue weighted by Crippen LogP contribution is -2.43. The highest BCUT2D eigenvalue weighted by atomic mass is 16.5. The van der Waals surface area contributed by atoms with Gasteiger partial charge in [-0.15, -0.1) is 0 Å². The molecule has 5 nitrogen and oxygen atoms in total. The molecule has 0 aromatic carbocycles. The van der Waals surface area contributed by atoms with E-state index in [1.807, 2.05) is 32.6 Å². The van der Waals surface area contributed by atoms with Crippen LogP contribution in [0.25, 0.3) is 0 Å². The number of carbonyl (C=O) groups excluding carboxylic acids is 2. The first-order valence-corrected chi connectivity index (χ1v) is 6.49. The van der Waals surface area contributed by atoms with Crippen LogP contribution in [-0.2, 0) is 14.3 Å². The van der Waals surface area contributed by atoms with Crippen LogP contribution in [-0.4, -0.2) is 48.6 Å². The first-order valence-electron chi connectivity index (χ1n) is 6.49. The van der Waals surface area contributed by atoms with Gasteiger partial charge in [0.25, 0.3) is 0 Å². The van der Waals surface area contributed by atoms with E-state index < -0.39 is 0 Å². The van der Waals surface area contributed by atoms with Crippen molar-refractivity contribution >= 4 is 11.8 Å². The second-order valence-corrected chi connectivity index (χ2v) is 5.69. The highest BCUT2D eigenvalue weighted by Gasteiger charge is 2.35. The van der Waals surface area contributed by atoms with Crippen molar-refractivity contribution in [3.05, 3.63) is 0 Å². The molecule has 1 rings (SSSR count). The van der Waals surface area contributed by atoms with Crippen molar-refractivity contribution in [3.63, 3.8) is 0 Å². The van der Waals surface area contributed by atoms with E-state index >= 15 is 0 Å². The molecular formula is C13H24N2O3. The third kappa shape index (κ3) is 4.29. The molecule has 18 heavy (non-hydrogen) atoms. The van der Waals surface area contributed by atoms with Crippen molar-refractivity contribution in [2.45, 2.75) is 39.7 Å². The smallest absolute Gasteiger partial charge is 0.246 e. The number of ether oxygens (including phenoxy) is 1. The molecule has 0 bridgehead atoms. The largest absolute Gasteiger partial charge is 0.372 e. The Balaban J connectivity index is 2.34. The van der Waals surface area contributed by atoms with Crippen LogP contribution >= 0.6 is 0 Å². The van der Waals surface area contributed by atoms with E-state index in [1.165, 1.54) is 0 Å². The highest BCUT2D eigenvalue weighted by Crippen LogP contribution is 2.25. The van der Waals surface area contributed by atoms with Gasteiger partial charge in [0, 0.05) is 37.6 Å². The molecule has 1 heterocycles. The number of carbonyl (C=O) groups is 2. The lowest BCUT2D eigenvalue weighted by atomic mass is 10.1. The first kappa shape index (κ1) is 15.0. The second kappa shape index (κ2) is 6.18. The molecule has 2 amide bonds. The predicted molar refractivity (Wildman–Crippen MR) is 69.1 cm³/mol. The Bertz CT molecular complexity index is 310. The van der Waals surface area contributed by atoms with Crippen LogP contribution in [0.15, 0.2) is 0 Å². The molecular weight excluding hydrogens is 232 g/mol. The van der Waals surface area contributed by atoms with E-state index in [1.54, 1.807) is 0 Å². The van der Waals surface area contributed by atoms with Gasteiger partial charge in [-0.2, -0.15) is 0 Å². The molecule has 0 aromatic heterocycles. The maximum Gasteiger partial charge on any atom is 0.246 e. The number of nitrogens with zero attached hydrogens (tertiary/aromatic N) is 1. The Labute approximate surface area is 109 Å². The zero-order valence-corrected chi connectivity index (χ0v) is 11.8. The van der Waals surface area contributed by atoms with Crippen molar-refractivity contribution < 1.29 is 14.3 Å². The molecule has 104 valence electrons. The normalized spacial score (nSPS) is 20.3. The lowest BCUT2D eigenvalue weighted by Gasteiger charge is -2.32. The van der Waals surface area contributed by atoms with E-state index in [2.05, 4.69) is 5.32 Å². The highest BCUT2D eigenvalue weighted by molar-refractivity contribution is 5.80. The van der Waals surface area contributed by atoms with Gasteiger partial charge in [-0.3, -0.25) is 9.59 Å². The predicted octanol–water partition coefficient (Wildman–Crippen LogP) is 0.786. The lowest BCUT2D eigenvalue weighted by molar-refractivity contribution is -0.131. The number of likely N-dealkylation sites (tertiary alicyclic amines) is 1. The van der Waals surface area contributed by atoms with Gasteiger partial charge in [-0.1, -0.05) is 0 Å². The molecule has 1 aliphatic rings. The topological polar surface area (TPSA) is 58.6 Å². The summed E-state index contributed by atoms with van der Waals surface area (Å²) in [6.07, 6.45) is 0.520. The third-order valence-electron chi connectivity index (χ3n) is 3.04. The molecule has 1 fully saturated rings. The van der Waals surface area contributed by atoms with Gasteiger partial charge in [0.1, 0.15) is 6.61 Å². The van der Waals surface area contributed by atoms with Crippen molar-refractivity contribution in [3.8, 4) is 0 Å². The van der Waals surface area contributed by atoms with Gasteiger partial charge in [0.2, 0.25) is 11.8 Å². The van der Waals surface area contributed by atoms with Gasteiger partial charge in [-0.05, 0) is 27.7 Å². The van der Waals surface area contributed by atoms with E-state index in [-0.39, 0.29) is 29.9 Å². The van der Waals surface area contributed by atoms with E-state index in [4.69, 9.17) is 4.74 Å². The zero-order valence-electron chi connectivity index (χ0n) is 11.8. The summed E-state index contributed by atoms with van der Waals surface area (Å²) >= 11 is 0. The summed E-state index contributed by atoms with van der Waals surface area (Å²) in [5.74, 6) is 0.271. The summed E-state index contributed by atoms with van der Waals surface area (Å²) < 4.78 is 5.02. The third-order valence-corrected chi connectivity index (χ3v) is 3.04. The van der Waals surface area contributed by atoms with Crippen LogP contribution in [0.3, 0.4) is 0 Å². The molecule has 0 unspecified atom stereocenters. The number of nitrogens with one attached hydrogen (secondary N) is 1. The first-order chi connectivity index (χ1) is 8.34. The molecule has 0 saturated carbocycles. The second-order valence-electron chi connectivity index (χ2n) is 5.69. The Morgan fingerprint density at radius 1 is 1.50 bits per heavy atom. The van der Waals surface area contributed by atoms with Crippen molar-refractivity contribution in [2.75, 3.05) is 26.3 Å². The molecule has 1 aliphatic heterocycles. The van der Waals surface area contributed by atoms with Crippen LogP contribution in [0.1, 0.15) is 34.1 Å². The number of amides is 2. The molecule has 0 aromatic rings. The Morgan fingerprint density at radius 2 is 2.17 bits per heavy atom. The average Bonchev–Trinajstić information content (AvgIpc) is 2.65. The van der Waals surface area contributed by atoms with E-state index in [9.17, 15) is 9.59 Å². The summed E-state index contributed by atoms with van der Waals surface area (Å²) in [6.45, 7) is 9.84. The Kier molecular flexibility index (Phi) is 5.14. The van der Waals surface area contributed by atoms with Crippen LogP contribution in [0, 0.1) is 5.92 Å². The SMILES string of the molecule is CCOCC(=O)NC[C@H]1CC(=O)N(C(C)(C)C)C1. The van der Waals surface area contributed by atoms with Gasteiger partial charge in [0.05, 0.1) is 0 Å². The van der Waals surface area contributed by atoms with Crippen LogP contribution < -0.4 is 5.32 Å². The number of hydrogen-bond acceptors (Lipinski definition) is 3. The zero-order chi connectivity index (χ0) is 13.8. The van der Waals surface area contributed by atoms with Crippen LogP contribution in [0.2, 0.25) is 0 Å². The van der Waals surface area contributed by atoms with E-state index in [0.29, 0.717) is 19.6 Å². The fourth-order valence-corrected chi connectivity index (χ4v) is 2.07. The number of rotatable bonds is 5. The standard InChI is InChI=1S/C13H24N2O3/c1-5-18-9-11(16)14-7-10-6-12(17)15(8-10)13(2,3)4/h10H,5-9H2,1-4H3,(H,14,16)/t10-/m1/s1. The van der Waals surface area contributed by atoms with Crippen molar-refractivity contribution in [2.24, 2.45) is 5.92 Å².